The Balaban J connectivity index is 2.19. The van der Waals surface area contributed by atoms with Crippen molar-refractivity contribution in [3.8, 4) is 5.88 Å². The Morgan fingerprint density at radius 1 is 1.24 bits per heavy atom. The first kappa shape index (κ1) is 13.7. The Hall–Kier alpha value is -1.36. The maximum atomic E-state index is 5.39. The van der Waals surface area contributed by atoms with Crippen molar-refractivity contribution in [2.24, 2.45) is 0 Å². The van der Waals surface area contributed by atoms with Crippen molar-refractivity contribution in [2.75, 3.05) is 31.7 Å². The lowest BCUT2D eigenvalue weighted by atomic mass is 10.4. The smallest absolute Gasteiger partial charge is 0.218 e. The molecule has 5 heteroatoms. The summed E-state index contributed by atoms with van der Waals surface area (Å²) in [6.07, 6.45) is 3.53. The summed E-state index contributed by atoms with van der Waals surface area (Å²) in [5.74, 6) is 1.39. The topological polar surface area (TPSA) is 56.3 Å². The Bertz CT molecular complexity index is 308. The Labute approximate surface area is 103 Å². The molecule has 0 fully saturated rings. The number of aromatic nitrogens is 2. The van der Waals surface area contributed by atoms with E-state index in [2.05, 4.69) is 22.2 Å². The van der Waals surface area contributed by atoms with Gasteiger partial charge in [0.2, 0.25) is 5.88 Å². The monoisotopic (exact) mass is 239 g/mol. The summed E-state index contributed by atoms with van der Waals surface area (Å²) in [4.78, 5) is 8.11. The molecule has 96 valence electrons. The zero-order valence-electron chi connectivity index (χ0n) is 10.6. The van der Waals surface area contributed by atoms with E-state index >= 15 is 0 Å². The van der Waals surface area contributed by atoms with Gasteiger partial charge in [-0.2, -0.15) is 0 Å². The normalized spacial score (nSPS) is 10.2. The highest BCUT2D eigenvalue weighted by molar-refractivity contribution is 5.36. The van der Waals surface area contributed by atoms with Crippen LogP contribution in [0.4, 0.5) is 5.82 Å². The van der Waals surface area contributed by atoms with Gasteiger partial charge in [-0.25, -0.2) is 9.97 Å². The molecule has 0 atom stereocenters. The third-order valence-electron chi connectivity index (χ3n) is 2.05. The van der Waals surface area contributed by atoms with Gasteiger partial charge >= 0.3 is 0 Å². The summed E-state index contributed by atoms with van der Waals surface area (Å²) in [7, 11) is 0. The molecule has 0 bridgehead atoms. The van der Waals surface area contributed by atoms with E-state index in [4.69, 9.17) is 9.47 Å². The summed E-state index contributed by atoms with van der Waals surface area (Å²) in [5, 5.41) is 3.21. The molecular weight excluding hydrogens is 218 g/mol. The first-order valence-corrected chi connectivity index (χ1v) is 6.13. The Morgan fingerprint density at radius 3 is 2.88 bits per heavy atom. The molecule has 0 aromatic carbocycles. The van der Waals surface area contributed by atoms with Crippen molar-refractivity contribution in [3.63, 3.8) is 0 Å². The number of nitrogens with one attached hydrogen (secondary N) is 1. The van der Waals surface area contributed by atoms with E-state index in [0.717, 1.165) is 38.4 Å². The summed E-state index contributed by atoms with van der Waals surface area (Å²) in [6.45, 7) is 7.11. The average Bonchev–Trinajstić information content (AvgIpc) is 2.35. The first-order chi connectivity index (χ1) is 8.36. The van der Waals surface area contributed by atoms with Gasteiger partial charge in [0.05, 0.1) is 6.61 Å². The number of rotatable bonds is 9. The van der Waals surface area contributed by atoms with Crippen LogP contribution in [0.3, 0.4) is 0 Å². The number of anilines is 1. The van der Waals surface area contributed by atoms with Gasteiger partial charge in [-0.3, -0.25) is 0 Å². The van der Waals surface area contributed by atoms with Crippen LogP contribution < -0.4 is 10.1 Å². The van der Waals surface area contributed by atoms with Crippen molar-refractivity contribution < 1.29 is 9.47 Å². The lowest BCUT2D eigenvalue weighted by molar-refractivity contribution is 0.134. The number of hydrogen-bond acceptors (Lipinski definition) is 5. The maximum absolute atomic E-state index is 5.39. The molecule has 1 N–H and O–H groups in total. The first-order valence-electron chi connectivity index (χ1n) is 6.13. The largest absolute Gasteiger partial charge is 0.478 e. The molecule has 17 heavy (non-hydrogen) atoms. The highest BCUT2D eigenvalue weighted by Crippen LogP contribution is 2.10. The van der Waals surface area contributed by atoms with Crippen molar-refractivity contribution >= 4 is 5.82 Å². The number of nitrogens with zero attached hydrogens (tertiary/aromatic N) is 2. The lowest BCUT2D eigenvalue weighted by Crippen LogP contribution is -2.07. The van der Waals surface area contributed by atoms with Crippen LogP contribution in [0.2, 0.25) is 0 Å². The fraction of sp³-hybridized carbons (Fsp3) is 0.667. The molecule has 0 aliphatic rings. The van der Waals surface area contributed by atoms with Crippen LogP contribution in [-0.2, 0) is 4.74 Å². The quantitative estimate of drug-likeness (QED) is 0.669. The van der Waals surface area contributed by atoms with Crippen LogP contribution in [0.15, 0.2) is 12.4 Å². The minimum atomic E-state index is 0.604. The van der Waals surface area contributed by atoms with Gasteiger partial charge in [0.25, 0.3) is 0 Å². The zero-order valence-corrected chi connectivity index (χ0v) is 10.6. The van der Waals surface area contributed by atoms with Gasteiger partial charge in [-0.05, 0) is 19.8 Å². The molecule has 0 radical (unpaired) electrons. The van der Waals surface area contributed by atoms with Gasteiger partial charge in [-0.15, -0.1) is 0 Å². The van der Waals surface area contributed by atoms with Crippen LogP contribution in [0, 0.1) is 0 Å². The van der Waals surface area contributed by atoms with Gasteiger partial charge in [0.1, 0.15) is 12.1 Å². The highest BCUT2D eigenvalue weighted by Gasteiger charge is 1.98. The Morgan fingerprint density at radius 2 is 2.12 bits per heavy atom. The second kappa shape index (κ2) is 8.75. The van der Waals surface area contributed by atoms with Crippen molar-refractivity contribution in [1.29, 1.82) is 0 Å². The fourth-order valence-electron chi connectivity index (χ4n) is 1.30. The van der Waals surface area contributed by atoms with Crippen LogP contribution in [-0.4, -0.2) is 36.3 Å². The number of ether oxygens (including phenoxy) is 2. The average molecular weight is 239 g/mol. The van der Waals surface area contributed by atoms with Crippen molar-refractivity contribution in [3.05, 3.63) is 12.4 Å². The van der Waals surface area contributed by atoms with Crippen LogP contribution in [0.5, 0.6) is 5.88 Å². The summed E-state index contributed by atoms with van der Waals surface area (Å²) in [6, 6.07) is 1.80. The second-order valence-electron chi connectivity index (χ2n) is 3.57. The van der Waals surface area contributed by atoms with E-state index in [-0.39, 0.29) is 0 Å². The molecule has 0 amide bonds. The molecule has 1 rings (SSSR count). The van der Waals surface area contributed by atoms with Gasteiger partial charge in [0.15, 0.2) is 0 Å². The summed E-state index contributed by atoms with van der Waals surface area (Å²) in [5.41, 5.74) is 0. The molecule has 0 spiro atoms. The van der Waals surface area contributed by atoms with Gasteiger partial charge in [0, 0.05) is 25.8 Å². The van der Waals surface area contributed by atoms with Crippen LogP contribution in [0.1, 0.15) is 26.7 Å². The molecule has 0 aliphatic carbocycles. The minimum absolute atomic E-state index is 0.604. The third-order valence-corrected chi connectivity index (χ3v) is 2.05. The predicted octanol–water partition coefficient (Wildman–Crippen LogP) is 2.10. The Kier molecular flexibility index (Phi) is 7.06. The van der Waals surface area contributed by atoms with Crippen molar-refractivity contribution in [1.82, 2.24) is 9.97 Å². The molecule has 0 saturated carbocycles. The van der Waals surface area contributed by atoms with Gasteiger partial charge < -0.3 is 14.8 Å². The van der Waals surface area contributed by atoms with E-state index in [1.54, 1.807) is 6.07 Å². The van der Waals surface area contributed by atoms with Crippen LogP contribution in [0.25, 0.3) is 0 Å². The molecule has 1 aromatic rings. The fourth-order valence-corrected chi connectivity index (χ4v) is 1.30. The molecule has 0 saturated heterocycles. The molecule has 0 unspecified atom stereocenters. The lowest BCUT2D eigenvalue weighted by Gasteiger charge is -2.07. The van der Waals surface area contributed by atoms with Crippen molar-refractivity contribution in [2.45, 2.75) is 26.7 Å². The molecular formula is C12H21N3O2. The molecule has 5 nitrogen and oxygen atoms in total. The van der Waals surface area contributed by atoms with E-state index in [0.29, 0.717) is 12.5 Å². The van der Waals surface area contributed by atoms with Gasteiger partial charge in [-0.1, -0.05) is 6.92 Å². The standard InChI is InChI=1S/C12H21N3O2/c1-3-7-16-8-5-6-13-11-9-12(17-4-2)15-10-14-11/h9-10H,3-8H2,1-2H3,(H,13,14,15). The zero-order chi connectivity index (χ0) is 12.3. The molecule has 0 aliphatic heterocycles. The maximum Gasteiger partial charge on any atom is 0.218 e. The number of hydrogen-bond donors (Lipinski definition) is 1. The predicted molar refractivity (Wildman–Crippen MR) is 67.4 cm³/mol. The second-order valence-corrected chi connectivity index (χ2v) is 3.57. The van der Waals surface area contributed by atoms with Crippen LogP contribution >= 0.6 is 0 Å². The van der Waals surface area contributed by atoms with E-state index in [1.807, 2.05) is 6.92 Å². The summed E-state index contributed by atoms with van der Waals surface area (Å²) < 4.78 is 10.7. The van der Waals surface area contributed by atoms with E-state index in [9.17, 15) is 0 Å². The molecule has 1 heterocycles. The van der Waals surface area contributed by atoms with E-state index in [1.165, 1.54) is 6.33 Å². The SMILES string of the molecule is CCCOCCCNc1cc(OCC)ncn1. The third kappa shape index (κ3) is 6.06. The molecule has 1 aromatic heterocycles. The minimum Gasteiger partial charge on any atom is -0.478 e. The van der Waals surface area contributed by atoms with E-state index < -0.39 is 0 Å². The highest BCUT2D eigenvalue weighted by atomic mass is 16.5. The summed E-state index contributed by atoms with van der Waals surface area (Å²) >= 11 is 0.